The maximum Gasteiger partial charge on any atom is 0.0486 e. The van der Waals surface area contributed by atoms with E-state index >= 15 is 0 Å². The Morgan fingerprint density at radius 3 is 2.59 bits per heavy atom. The molecular formula is C14H13BrClN. The molecule has 0 fully saturated rings. The monoisotopic (exact) mass is 309 g/mol. The molecule has 1 nitrogen and oxygen atoms in total. The smallest absolute Gasteiger partial charge is 0.0486 e. The van der Waals surface area contributed by atoms with Crippen LogP contribution in [0.15, 0.2) is 53.0 Å². The summed E-state index contributed by atoms with van der Waals surface area (Å²) in [6.45, 7) is 2.13. The van der Waals surface area contributed by atoms with Gasteiger partial charge in [-0.3, -0.25) is 0 Å². The average Bonchev–Trinajstić information content (AvgIpc) is 2.29. The molecule has 2 aromatic rings. The predicted molar refractivity (Wildman–Crippen MR) is 77.6 cm³/mol. The van der Waals surface area contributed by atoms with E-state index in [9.17, 15) is 0 Å². The van der Waals surface area contributed by atoms with Crippen LogP contribution in [0.25, 0.3) is 0 Å². The van der Waals surface area contributed by atoms with Crippen molar-refractivity contribution < 1.29 is 0 Å². The van der Waals surface area contributed by atoms with E-state index in [1.54, 1.807) is 0 Å². The van der Waals surface area contributed by atoms with Crippen LogP contribution < -0.4 is 5.32 Å². The Labute approximate surface area is 115 Å². The molecule has 1 N–H and O–H groups in total. The van der Waals surface area contributed by atoms with Gasteiger partial charge in [-0.25, -0.2) is 0 Å². The third kappa shape index (κ3) is 3.48. The molecule has 0 heterocycles. The van der Waals surface area contributed by atoms with Gasteiger partial charge in [0.1, 0.15) is 0 Å². The van der Waals surface area contributed by atoms with Crippen molar-refractivity contribution in [2.45, 2.75) is 13.0 Å². The highest BCUT2D eigenvalue weighted by molar-refractivity contribution is 9.10. The number of hydrogen-bond donors (Lipinski definition) is 1. The van der Waals surface area contributed by atoms with Crippen molar-refractivity contribution in [3.05, 3.63) is 63.6 Å². The molecular weight excluding hydrogens is 298 g/mol. The Hall–Kier alpha value is -0.990. The zero-order valence-corrected chi connectivity index (χ0v) is 11.8. The van der Waals surface area contributed by atoms with Crippen molar-refractivity contribution in [3.8, 4) is 0 Å². The van der Waals surface area contributed by atoms with E-state index in [2.05, 4.69) is 40.3 Å². The lowest BCUT2D eigenvalue weighted by atomic mass is 10.1. The van der Waals surface area contributed by atoms with Gasteiger partial charge < -0.3 is 5.32 Å². The van der Waals surface area contributed by atoms with Crippen molar-refractivity contribution in [2.75, 3.05) is 5.32 Å². The number of nitrogens with one attached hydrogen (secondary N) is 1. The number of benzene rings is 2. The van der Waals surface area contributed by atoms with Gasteiger partial charge in [-0.15, -0.1) is 0 Å². The van der Waals surface area contributed by atoms with E-state index in [1.807, 2.05) is 36.4 Å². The van der Waals surface area contributed by atoms with Crippen molar-refractivity contribution >= 4 is 33.2 Å². The molecule has 2 rings (SSSR count). The van der Waals surface area contributed by atoms with Crippen LogP contribution >= 0.6 is 27.5 Å². The molecule has 0 radical (unpaired) electrons. The van der Waals surface area contributed by atoms with Crippen molar-refractivity contribution in [1.82, 2.24) is 0 Å². The molecule has 0 spiro atoms. The molecule has 0 aromatic heterocycles. The standard InChI is InChI=1S/C14H13BrClN/c1-10(11-4-2-5-12(15)8-11)17-14-7-3-6-13(16)9-14/h2-10,17H,1H3. The number of anilines is 1. The molecule has 2 aromatic carbocycles. The molecule has 3 heteroatoms. The topological polar surface area (TPSA) is 12.0 Å². The van der Waals surface area contributed by atoms with Gasteiger partial charge >= 0.3 is 0 Å². The highest BCUT2D eigenvalue weighted by atomic mass is 79.9. The summed E-state index contributed by atoms with van der Waals surface area (Å²) < 4.78 is 1.09. The van der Waals surface area contributed by atoms with Crippen LogP contribution in [0, 0.1) is 0 Å². The Morgan fingerprint density at radius 1 is 1.12 bits per heavy atom. The predicted octanol–water partition coefficient (Wildman–Crippen LogP) is 5.28. The summed E-state index contributed by atoms with van der Waals surface area (Å²) in [4.78, 5) is 0. The van der Waals surface area contributed by atoms with E-state index in [1.165, 1.54) is 5.56 Å². The van der Waals surface area contributed by atoms with Gasteiger partial charge in [0.15, 0.2) is 0 Å². The zero-order chi connectivity index (χ0) is 12.3. The van der Waals surface area contributed by atoms with Gasteiger partial charge in [0.25, 0.3) is 0 Å². The van der Waals surface area contributed by atoms with Crippen LogP contribution in [0.2, 0.25) is 5.02 Å². The molecule has 0 aliphatic heterocycles. The van der Waals surface area contributed by atoms with Crippen molar-refractivity contribution in [2.24, 2.45) is 0 Å². The largest absolute Gasteiger partial charge is 0.378 e. The van der Waals surface area contributed by atoms with Crippen LogP contribution in [-0.4, -0.2) is 0 Å². The fourth-order valence-corrected chi connectivity index (χ4v) is 2.29. The van der Waals surface area contributed by atoms with Crippen molar-refractivity contribution in [3.63, 3.8) is 0 Å². The second-order valence-electron chi connectivity index (χ2n) is 3.93. The third-order valence-electron chi connectivity index (χ3n) is 2.56. The fourth-order valence-electron chi connectivity index (χ4n) is 1.69. The zero-order valence-electron chi connectivity index (χ0n) is 9.45. The minimum absolute atomic E-state index is 0.242. The first-order valence-corrected chi connectivity index (χ1v) is 6.60. The van der Waals surface area contributed by atoms with Gasteiger partial charge in [0, 0.05) is 21.2 Å². The summed E-state index contributed by atoms with van der Waals surface area (Å²) in [6, 6.07) is 16.3. The number of hydrogen-bond acceptors (Lipinski definition) is 1. The van der Waals surface area contributed by atoms with E-state index in [0.29, 0.717) is 0 Å². The number of halogens is 2. The summed E-state index contributed by atoms with van der Waals surface area (Å²) in [7, 11) is 0. The van der Waals surface area contributed by atoms with Crippen LogP contribution in [0.5, 0.6) is 0 Å². The average molecular weight is 311 g/mol. The van der Waals surface area contributed by atoms with E-state index in [4.69, 9.17) is 11.6 Å². The van der Waals surface area contributed by atoms with E-state index in [-0.39, 0.29) is 6.04 Å². The molecule has 0 saturated carbocycles. The maximum atomic E-state index is 5.95. The lowest BCUT2D eigenvalue weighted by molar-refractivity contribution is 0.884. The van der Waals surface area contributed by atoms with Gasteiger partial charge in [-0.2, -0.15) is 0 Å². The minimum atomic E-state index is 0.242. The molecule has 0 aliphatic rings. The lowest BCUT2D eigenvalue weighted by Gasteiger charge is -2.16. The van der Waals surface area contributed by atoms with Gasteiger partial charge in [-0.05, 0) is 42.8 Å². The molecule has 0 aliphatic carbocycles. The van der Waals surface area contributed by atoms with Gasteiger partial charge in [0.2, 0.25) is 0 Å². The van der Waals surface area contributed by atoms with Gasteiger partial charge in [-0.1, -0.05) is 45.7 Å². The maximum absolute atomic E-state index is 5.95. The summed E-state index contributed by atoms with van der Waals surface area (Å²) in [6.07, 6.45) is 0. The van der Waals surface area contributed by atoms with Crippen LogP contribution in [0.1, 0.15) is 18.5 Å². The Balaban J connectivity index is 2.14. The normalized spacial score (nSPS) is 12.2. The molecule has 0 saturated heterocycles. The first-order valence-electron chi connectivity index (χ1n) is 5.43. The number of rotatable bonds is 3. The second kappa shape index (κ2) is 5.56. The summed E-state index contributed by atoms with van der Waals surface area (Å²) >= 11 is 9.43. The highest BCUT2D eigenvalue weighted by Gasteiger charge is 2.05. The molecule has 0 bridgehead atoms. The van der Waals surface area contributed by atoms with Gasteiger partial charge in [0.05, 0.1) is 0 Å². The minimum Gasteiger partial charge on any atom is -0.378 e. The second-order valence-corrected chi connectivity index (χ2v) is 5.28. The highest BCUT2D eigenvalue weighted by Crippen LogP contribution is 2.23. The summed E-state index contributed by atoms with van der Waals surface area (Å²) in [5.41, 5.74) is 2.27. The Bertz CT molecular complexity index is 513. The fraction of sp³-hybridized carbons (Fsp3) is 0.143. The van der Waals surface area contributed by atoms with Crippen LogP contribution in [-0.2, 0) is 0 Å². The quantitative estimate of drug-likeness (QED) is 0.813. The van der Waals surface area contributed by atoms with Crippen LogP contribution in [0.3, 0.4) is 0 Å². The van der Waals surface area contributed by atoms with E-state index in [0.717, 1.165) is 15.2 Å². The molecule has 1 atom stereocenters. The first kappa shape index (κ1) is 12.5. The summed E-state index contributed by atoms with van der Waals surface area (Å²) in [5, 5.41) is 4.17. The molecule has 0 amide bonds. The third-order valence-corrected chi connectivity index (χ3v) is 3.28. The summed E-state index contributed by atoms with van der Waals surface area (Å²) in [5.74, 6) is 0. The molecule has 17 heavy (non-hydrogen) atoms. The van der Waals surface area contributed by atoms with Crippen molar-refractivity contribution in [1.29, 1.82) is 0 Å². The van der Waals surface area contributed by atoms with Crippen LogP contribution in [0.4, 0.5) is 5.69 Å². The SMILES string of the molecule is CC(Nc1cccc(Cl)c1)c1cccc(Br)c1. The molecule has 1 unspecified atom stereocenters. The first-order chi connectivity index (χ1) is 8.15. The Morgan fingerprint density at radius 2 is 1.88 bits per heavy atom. The molecule has 88 valence electrons. The van der Waals surface area contributed by atoms with E-state index < -0.39 is 0 Å². The Kier molecular flexibility index (Phi) is 4.08. The lowest BCUT2D eigenvalue weighted by Crippen LogP contribution is -2.06.